The molecule has 1 fully saturated rings. The molecule has 2 amide bonds. The van der Waals surface area contributed by atoms with Crippen LogP contribution in [0.1, 0.15) is 43.0 Å². The molecule has 1 aromatic carbocycles. The normalized spacial score (nSPS) is 17.5. The van der Waals surface area contributed by atoms with E-state index in [0.29, 0.717) is 24.2 Å². The van der Waals surface area contributed by atoms with Gasteiger partial charge in [0.15, 0.2) is 0 Å². The van der Waals surface area contributed by atoms with E-state index in [9.17, 15) is 9.59 Å². The third-order valence-corrected chi connectivity index (χ3v) is 3.54. The Bertz CT molecular complexity index is 496. The van der Waals surface area contributed by atoms with Gasteiger partial charge in [-0.1, -0.05) is 19.1 Å². The van der Waals surface area contributed by atoms with Gasteiger partial charge in [-0.15, -0.1) is 0 Å². The van der Waals surface area contributed by atoms with Crippen molar-refractivity contribution in [1.29, 1.82) is 0 Å². The molecular weight excluding hydrogens is 268 g/mol. The summed E-state index contributed by atoms with van der Waals surface area (Å²) in [7, 11) is 0. The van der Waals surface area contributed by atoms with Crippen LogP contribution in [0.25, 0.3) is 0 Å². The Morgan fingerprint density at radius 1 is 1.33 bits per heavy atom. The SMILES string of the molecule is CCC(=O)Nc1ccccc1C(=O)NCC[C@H]1CCCO1. The quantitative estimate of drug-likeness (QED) is 0.845. The Kier molecular flexibility index (Phi) is 5.75. The lowest BCUT2D eigenvalue weighted by Gasteiger charge is -2.12. The maximum Gasteiger partial charge on any atom is 0.253 e. The first-order chi connectivity index (χ1) is 10.2. The van der Waals surface area contributed by atoms with Crippen LogP contribution in [0, 0.1) is 0 Å². The molecule has 1 aromatic rings. The molecule has 5 heteroatoms. The highest BCUT2D eigenvalue weighted by atomic mass is 16.5. The van der Waals surface area contributed by atoms with Crippen LogP contribution in [0.2, 0.25) is 0 Å². The van der Waals surface area contributed by atoms with E-state index < -0.39 is 0 Å². The molecule has 0 radical (unpaired) electrons. The number of hydrogen-bond donors (Lipinski definition) is 2. The molecule has 1 atom stereocenters. The minimum absolute atomic E-state index is 0.102. The number of nitrogens with one attached hydrogen (secondary N) is 2. The highest BCUT2D eigenvalue weighted by Crippen LogP contribution is 2.16. The number of carbonyl (C=O) groups excluding carboxylic acids is 2. The Morgan fingerprint density at radius 3 is 2.86 bits per heavy atom. The monoisotopic (exact) mass is 290 g/mol. The molecule has 1 aliphatic heterocycles. The minimum Gasteiger partial charge on any atom is -0.378 e. The summed E-state index contributed by atoms with van der Waals surface area (Å²) in [6, 6.07) is 7.04. The highest BCUT2D eigenvalue weighted by Gasteiger charge is 2.16. The second-order valence-corrected chi connectivity index (χ2v) is 5.13. The van der Waals surface area contributed by atoms with Crippen molar-refractivity contribution < 1.29 is 14.3 Å². The van der Waals surface area contributed by atoms with Gasteiger partial charge < -0.3 is 15.4 Å². The predicted molar refractivity (Wildman–Crippen MR) is 81.3 cm³/mol. The van der Waals surface area contributed by atoms with Crippen LogP contribution < -0.4 is 10.6 Å². The second kappa shape index (κ2) is 7.78. The van der Waals surface area contributed by atoms with Crippen LogP contribution in [0.15, 0.2) is 24.3 Å². The number of rotatable bonds is 6. The fourth-order valence-electron chi connectivity index (χ4n) is 2.34. The largest absolute Gasteiger partial charge is 0.378 e. The zero-order valence-corrected chi connectivity index (χ0v) is 12.4. The fourth-order valence-corrected chi connectivity index (χ4v) is 2.34. The summed E-state index contributed by atoms with van der Waals surface area (Å²) >= 11 is 0. The molecule has 0 unspecified atom stereocenters. The second-order valence-electron chi connectivity index (χ2n) is 5.13. The number of carbonyl (C=O) groups is 2. The molecular formula is C16H22N2O3. The Labute approximate surface area is 125 Å². The Morgan fingerprint density at radius 2 is 2.14 bits per heavy atom. The van der Waals surface area contributed by atoms with Gasteiger partial charge in [0.2, 0.25) is 5.91 Å². The van der Waals surface area contributed by atoms with Crippen LogP contribution in [-0.2, 0) is 9.53 Å². The Hall–Kier alpha value is -1.88. The van der Waals surface area contributed by atoms with Gasteiger partial charge in [0.1, 0.15) is 0 Å². The van der Waals surface area contributed by atoms with Crippen molar-refractivity contribution in [2.24, 2.45) is 0 Å². The average Bonchev–Trinajstić information content (AvgIpc) is 3.01. The first-order valence-corrected chi connectivity index (χ1v) is 7.49. The summed E-state index contributed by atoms with van der Waals surface area (Å²) in [4.78, 5) is 23.7. The molecule has 1 aliphatic rings. The van der Waals surface area contributed by atoms with Gasteiger partial charge in [0, 0.05) is 19.6 Å². The number of anilines is 1. The van der Waals surface area contributed by atoms with E-state index >= 15 is 0 Å². The molecule has 0 aromatic heterocycles. The zero-order valence-electron chi connectivity index (χ0n) is 12.4. The van der Waals surface area contributed by atoms with Crippen molar-refractivity contribution >= 4 is 17.5 Å². The summed E-state index contributed by atoms with van der Waals surface area (Å²) in [5.41, 5.74) is 1.05. The smallest absolute Gasteiger partial charge is 0.253 e. The number of amides is 2. The number of para-hydroxylation sites is 1. The van der Waals surface area contributed by atoms with Gasteiger partial charge in [-0.2, -0.15) is 0 Å². The van der Waals surface area contributed by atoms with E-state index in [1.807, 2.05) is 0 Å². The zero-order chi connectivity index (χ0) is 15.1. The van der Waals surface area contributed by atoms with E-state index in [-0.39, 0.29) is 17.9 Å². The van der Waals surface area contributed by atoms with E-state index in [0.717, 1.165) is 25.9 Å². The highest BCUT2D eigenvalue weighted by molar-refractivity contribution is 6.03. The summed E-state index contributed by atoms with van der Waals surface area (Å²) < 4.78 is 5.52. The standard InChI is InChI=1S/C16H22N2O3/c1-2-15(19)18-14-8-4-3-7-13(14)16(20)17-10-9-12-6-5-11-21-12/h3-4,7-8,12H,2,5-6,9-11H2,1H3,(H,17,20)(H,18,19)/t12-/m1/s1. The molecule has 0 bridgehead atoms. The molecule has 2 rings (SSSR count). The van der Waals surface area contributed by atoms with E-state index in [1.54, 1.807) is 31.2 Å². The van der Waals surface area contributed by atoms with Crippen LogP contribution in [0.4, 0.5) is 5.69 Å². The van der Waals surface area contributed by atoms with Gasteiger partial charge in [-0.05, 0) is 31.4 Å². The summed E-state index contributed by atoms with van der Waals surface area (Å²) in [6.45, 7) is 3.18. The van der Waals surface area contributed by atoms with Crippen LogP contribution in [0.3, 0.4) is 0 Å². The number of ether oxygens (including phenoxy) is 1. The van der Waals surface area contributed by atoms with Crippen LogP contribution in [-0.4, -0.2) is 31.1 Å². The minimum atomic E-state index is -0.167. The van der Waals surface area contributed by atoms with Crippen LogP contribution >= 0.6 is 0 Å². The van der Waals surface area contributed by atoms with E-state index in [2.05, 4.69) is 10.6 Å². The lowest BCUT2D eigenvalue weighted by atomic mass is 10.1. The first kappa shape index (κ1) is 15.5. The molecule has 0 aliphatic carbocycles. The Balaban J connectivity index is 1.90. The summed E-state index contributed by atoms with van der Waals surface area (Å²) in [6.07, 6.45) is 3.65. The van der Waals surface area contributed by atoms with Gasteiger partial charge in [0.05, 0.1) is 17.4 Å². The van der Waals surface area contributed by atoms with E-state index in [1.165, 1.54) is 0 Å². The third kappa shape index (κ3) is 4.56. The molecule has 21 heavy (non-hydrogen) atoms. The molecule has 1 heterocycles. The van der Waals surface area contributed by atoms with Gasteiger partial charge >= 0.3 is 0 Å². The maximum atomic E-state index is 12.2. The van der Waals surface area contributed by atoms with E-state index in [4.69, 9.17) is 4.74 Å². The third-order valence-electron chi connectivity index (χ3n) is 3.54. The molecule has 114 valence electrons. The van der Waals surface area contributed by atoms with Gasteiger partial charge in [-0.25, -0.2) is 0 Å². The first-order valence-electron chi connectivity index (χ1n) is 7.49. The van der Waals surface area contributed by atoms with Crippen molar-refractivity contribution in [1.82, 2.24) is 5.32 Å². The summed E-state index contributed by atoms with van der Waals surface area (Å²) in [5, 5.41) is 5.64. The molecule has 5 nitrogen and oxygen atoms in total. The average molecular weight is 290 g/mol. The van der Waals surface area contributed by atoms with Crippen molar-refractivity contribution in [3.05, 3.63) is 29.8 Å². The van der Waals surface area contributed by atoms with Crippen molar-refractivity contribution in [3.8, 4) is 0 Å². The molecule has 2 N–H and O–H groups in total. The number of hydrogen-bond acceptors (Lipinski definition) is 3. The number of benzene rings is 1. The summed E-state index contributed by atoms with van der Waals surface area (Å²) in [5.74, 6) is -0.269. The lowest BCUT2D eigenvalue weighted by molar-refractivity contribution is -0.115. The van der Waals surface area contributed by atoms with Crippen LogP contribution in [0.5, 0.6) is 0 Å². The molecule has 1 saturated heterocycles. The maximum absolute atomic E-state index is 12.2. The van der Waals surface area contributed by atoms with Crippen molar-refractivity contribution in [2.45, 2.75) is 38.7 Å². The predicted octanol–water partition coefficient (Wildman–Crippen LogP) is 2.33. The van der Waals surface area contributed by atoms with Crippen molar-refractivity contribution in [3.63, 3.8) is 0 Å². The lowest BCUT2D eigenvalue weighted by Crippen LogP contribution is -2.28. The molecule has 0 spiro atoms. The van der Waals surface area contributed by atoms with Crippen molar-refractivity contribution in [2.75, 3.05) is 18.5 Å². The molecule has 0 saturated carbocycles. The van der Waals surface area contributed by atoms with Gasteiger partial charge in [-0.3, -0.25) is 9.59 Å². The topological polar surface area (TPSA) is 67.4 Å². The van der Waals surface area contributed by atoms with Gasteiger partial charge in [0.25, 0.3) is 5.91 Å². The fraction of sp³-hybridized carbons (Fsp3) is 0.500.